The molecule has 0 radical (unpaired) electrons. The topological polar surface area (TPSA) is 35.6 Å². The van der Waals surface area contributed by atoms with E-state index >= 15 is 0 Å². The molecular weight excluding hydrogens is 276 g/mol. The second-order valence-corrected chi connectivity index (χ2v) is 5.37. The molecule has 1 N–H and O–H groups in total. The molecule has 1 saturated heterocycles. The second kappa shape index (κ2) is 7.47. The van der Waals surface area contributed by atoms with Crippen LogP contribution in [0.25, 0.3) is 0 Å². The average molecular weight is 297 g/mol. The summed E-state index contributed by atoms with van der Waals surface area (Å²) < 4.78 is 26.4. The zero-order valence-corrected chi connectivity index (χ0v) is 12.2. The summed E-state index contributed by atoms with van der Waals surface area (Å²) in [6.45, 7) is 4.06. The monoisotopic (exact) mass is 297 g/mol. The molecule has 1 aromatic carbocycles. The first-order valence-electron chi connectivity index (χ1n) is 7.17. The molecule has 0 atom stereocenters. The number of rotatable bonds is 4. The quantitative estimate of drug-likeness (QED) is 0.907. The van der Waals surface area contributed by atoms with Gasteiger partial charge in [0.05, 0.1) is 6.54 Å². The molecule has 0 aromatic heterocycles. The molecule has 0 unspecified atom stereocenters. The summed E-state index contributed by atoms with van der Waals surface area (Å²) in [6, 6.07) is 3.43. The van der Waals surface area contributed by atoms with Crippen LogP contribution in [0.3, 0.4) is 0 Å². The molecule has 1 aliphatic rings. The van der Waals surface area contributed by atoms with E-state index in [1.165, 1.54) is 17.0 Å². The minimum atomic E-state index is -0.617. The Hall–Kier alpha value is -1.53. The number of amides is 1. The molecule has 6 heteroatoms. The molecule has 1 aromatic rings. The number of benzene rings is 1. The van der Waals surface area contributed by atoms with E-state index in [1.54, 1.807) is 7.05 Å². The van der Waals surface area contributed by atoms with Crippen molar-refractivity contribution in [3.05, 3.63) is 35.4 Å². The predicted molar refractivity (Wildman–Crippen MR) is 76.8 cm³/mol. The van der Waals surface area contributed by atoms with Crippen LogP contribution in [-0.4, -0.2) is 55.5 Å². The highest BCUT2D eigenvalue weighted by Gasteiger charge is 2.17. The van der Waals surface area contributed by atoms with Crippen molar-refractivity contribution in [2.24, 2.45) is 0 Å². The van der Waals surface area contributed by atoms with Crippen molar-refractivity contribution in [3.63, 3.8) is 0 Å². The summed E-state index contributed by atoms with van der Waals surface area (Å²) in [7, 11) is 1.64. The van der Waals surface area contributed by atoms with E-state index in [2.05, 4.69) is 10.2 Å². The van der Waals surface area contributed by atoms with E-state index in [4.69, 9.17) is 0 Å². The largest absolute Gasteiger partial charge is 0.340 e. The maximum atomic E-state index is 13.6. The molecule has 116 valence electrons. The van der Waals surface area contributed by atoms with Crippen molar-refractivity contribution >= 4 is 5.91 Å². The van der Waals surface area contributed by atoms with E-state index in [9.17, 15) is 13.6 Å². The van der Waals surface area contributed by atoms with Crippen LogP contribution in [0.2, 0.25) is 0 Å². The van der Waals surface area contributed by atoms with E-state index in [0.29, 0.717) is 12.1 Å². The lowest BCUT2D eigenvalue weighted by molar-refractivity contribution is -0.131. The van der Waals surface area contributed by atoms with Crippen molar-refractivity contribution in [1.82, 2.24) is 15.1 Å². The lowest BCUT2D eigenvalue weighted by atomic mass is 10.2. The molecule has 1 heterocycles. The molecule has 0 saturated carbocycles. The summed E-state index contributed by atoms with van der Waals surface area (Å²) in [6.07, 6.45) is 1.02. The molecule has 0 aliphatic carbocycles. The van der Waals surface area contributed by atoms with E-state index < -0.39 is 11.6 Å². The van der Waals surface area contributed by atoms with Gasteiger partial charge in [-0.1, -0.05) is 6.07 Å². The molecular formula is C15H21F2N3O. The smallest absolute Gasteiger partial charge is 0.236 e. The van der Waals surface area contributed by atoms with Gasteiger partial charge in [-0.15, -0.1) is 0 Å². The van der Waals surface area contributed by atoms with Crippen molar-refractivity contribution in [2.75, 3.05) is 39.8 Å². The fourth-order valence-electron chi connectivity index (χ4n) is 2.37. The minimum absolute atomic E-state index is 0.0550. The lowest BCUT2D eigenvalue weighted by Crippen LogP contribution is -2.39. The van der Waals surface area contributed by atoms with Gasteiger partial charge in [0.2, 0.25) is 5.91 Å². The summed E-state index contributed by atoms with van der Waals surface area (Å²) in [5.41, 5.74) is 0.324. The first-order valence-corrected chi connectivity index (χ1v) is 7.17. The first-order chi connectivity index (χ1) is 10.1. The Morgan fingerprint density at radius 3 is 2.90 bits per heavy atom. The van der Waals surface area contributed by atoms with E-state index in [-0.39, 0.29) is 12.5 Å². The van der Waals surface area contributed by atoms with Gasteiger partial charge in [0.1, 0.15) is 11.6 Å². The van der Waals surface area contributed by atoms with Gasteiger partial charge in [0.15, 0.2) is 0 Å². The minimum Gasteiger partial charge on any atom is -0.340 e. The predicted octanol–water partition coefficient (Wildman–Crippen LogP) is 1.22. The van der Waals surface area contributed by atoms with Gasteiger partial charge in [-0.25, -0.2) is 8.78 Å². The van der Waals surface area contributed by atoms with Gasteiger partial charge in [-0.3, -0.25) is 9.69 Å². The third-order valence-corrected chi connectivity index (χ3v) is 3.64. The summed E-state index contributed by atoms with van der Waals surface area (Å²) in [5, 5.41) is 3.28. The van der Waals surface area contributed by atoms with Gasteiger partial charge >= 0.3 is 0 Å². The van der Waals surface area contributed by atoms with E-state index in [0.717, 1.165) is 38.7 Å². The number of hydrogen-bond donors (Lipinski definition) is 1. The van der Waals surface area contributed by atoms with Crippen LogP contribution in [0.4, 0.5) is 8.78 Å². The molecule has 1 amide bonds. The fourth-order valence-corrected chi connectivity index (χ4v) is 2.37. The highest BCUT2D eigenvalue weighted by molar-refractivity contribution is 5.78. The maximum Gasteiger partial charge on any atom is 0.236 e. The number of carbonyl (C=O) groups excluding carboxylic acids is 1. The van der Waals surface area contributed by atoms with E-state index in [1.807, 2.05) is 0 Å². The molecule has 0 bridgehead atoms. The standard InChI is InChI=1S/C15H21F2N3O/c1-19(10-12-3-4-13(16)9-14(12)17)15(21)11-20-7-2-5-18-6-8-20/h3-4,9,18H,2,5-8,10-11H2,1H3. The van der Waals surface area contributed by atoms with Crippen LogP contribution in [0.1, 0.15) is 12.0 Å². The normalized spacial score (nSPS) is 16.5. The molecule has 1 fully saturated rings. The number of likely N-dealkylation sites (N-methyl/N-ethyl adjacent to an activating group) is 1. The Labute approximate surface area is 123 Å². The summed E-state index contributed by atoms with van der Waals surface area (Å²) in [4.78, 5) is 15.8. The summed E-state index contributed by atoms with van der Waals surface area (Å²) >= 11 is 0. The van der Waals surface area contributed by atoms with Crippen molar-refractivity contribution in [3.8, 4) is 0 Å². The van der Waals surface area contributed by atoms with Gasteiger partial charge in [0.25, 0.3) is 0 Å². The number of hydrogen-bond acceptors (Lipinski definition) is 3. The third kappa shape index (κ3) is 4.75. The SMILES string of the molecule is CN(Cc1ccc(F)cc1F)C(=O)CN1CCCNCC1. The number of carbonyl (C=O) groups is 1. The zero-order chi connectivity index (χ0) is 15.2. The average Bonchev–Trinajstić information content (AvgIpc) is 2.70. The summed E-state index contributed by atoms with van der Waals surface area (Å²) in [5.74, 6) is -1.28. The fraction of sp³-hybridized carbons (Fsp3) is 0.533. The van der Waals surface area contributed by atoms with Crippen LogP contribution in [0, 0.1) is 11.6 Å². The van der Waals surface area contributed by atoms with Crippen molar-refractivity contribution in [2.45, 2.75) is 13.0 Å². The van der Waals surface area contributed by atoms with Crippen LogP contribution >= 0.6 is 0 Å². The second-order valence-electron chi connectivity index (χ2n) is 5.37. The van der Waals surface area contributed by atoms with Gasteiger partial charge in [-0.05, 0) is 25.6 Å². The third-order valence-electron chi connectivity index (χ3n) is 3.64. The highest BCUT2D eigenvalue weighted by atomic mass is 19.1. The zero-order valence-electron chi connectivity index (χ0n) is 12.2. The molecule has 21 heavy (non-hydrogen) atoms. The number of nitrogens with zero attached hydrogens (tertiary/aromatic N) is 2. The Balaban J connectivity index is 1.89. The van der Waals surface area contributed by atoms with Crippen molar-refractivity contribution < 1.29 is 13.6 Å². The van der Waals surface area contributed by atoms with Gasteiger partial charge in [-0.2, -0.15) is 0 Å². The Kier molecular flexibility index (Phi) is 5.64. The Bertz CT molecular complexity index is 488. The van der Waals surface area contributed by atoms with Gasteiger partial charge in [0, 0.05) is 38.3 Å². The number of nitrogens with one attached hydrogen (secondary N) is 1. The van der Waals surface area contributed by atoms with Crippen LogP contribution in [0.5, 0.6) is 0 Å². The molecule has 2 rings (SSSR count). The molecule has 1 aliphatic heterocycles. The van der Waals surface area contributed by atoms with Gasteiger partial charge < -0.3 is 10.2 Å². The maximum absolute atomic E-state index is 13.6. The molecule has 0 spiro atoms. The Morgan fingerprint density at radius 2 is 2.14 bits per heavy atom. The highest BCUT2D eigenvalue weighted by Crippen LogP contribution is 2.11. The van der Waals surface area contributed by atoms with Crippen LogP contribution in [-0.2, 0) is 11.3 Å². The van der Waals surface area contributed by atoms with Crippen LogP contribution < -0.4 is 5.32 Å². The van der Waals surface area contributed by atoms with Crippen molar-refractivity contribution in [1.29, 1.82) is 0 Å². The first kappa shape index (κ1) is 15.9. The molecule has 4 nitrogen and oxygen atoms in total. The number of halogens is 2. The Morgan fingerprint density at radius 1 is 1.33 bits per heavy atom. The van der Waals surface area contributed by atoms with Crippen LogP contribution in [0.15, 0.2) is 18.2 Å². The lowest BCUT2D eigenvalue weighted by Gasteiger charge is -2.23.